The Balaban J connectivity index is 1.58. The van der Waals surface area contributed by atoms with Crippen molar-refractivity contribution in [2.45, 2.75) is 17.4 Å². The number of nitrogens with one attached hydrogen (secondary N) is 1. The fourth-order valence-electron chi connectivity index (χ4n) is 3.36. The molecular weight excluding hydrogens is 504 g/mol. The van der Waals surface area contributed by atoms with Crippen molar-refractivity contribution >= 4 is 33.8 Å². The van der Waals surface area contributed by atoms with E-state index in [9.17, 15) is 22.8 Å². The van der Waals surface area contributed by atoms with Gasteiger partial charge in [0, 0.05) is 5.69 Å². The summed E-state index contributed by atoms with van der Waals surface area (Å²) in [5.41, 5.74) is 7.25. The largest absolute Gasteiger partial charge is 0.480 e. The van der Waals surface area contributed by atoms with Gasteiger partial charge in [0.25, 0.3) is 10.1 Å². The summed E-state index contributed by atoms with van der Waals surface area (Å²) >= 11 is 0. The Hall–Kier alpha value is -4.26. The highest BCUT2D eigenvalue weighted by molar-refractivity contribution is 7.86. The Kier molecular flexibility index (Phi) is 8.95. The summed E-state index contributed by atoms with van der Waals surface area (Å²) in [6, 6.07) is 21.5. The number of carbonyl (C=O) groups is 3. The van der Waals surface area contributed by atoms with E-state index in [1.165, 1.54) is 12.1 Å². The van der Waals surface area contributed by atoms with E-state index < -0.39 is 52.2 Å². The average molecular weight is 529 g/mol. The van der Waals surface area contributed by atoms with Crippen LogP contribution < -0.4 is 11.1 Å². The van der Waals surface area contributed by atoms with Gasteiger partial charge >= 0.3 is 18.0 Å². The Morgan fingerprint density at radius 1 is 0.838 bits per heavy atom. The van der Waals surface area contributed by atoms with Crippen LogP contribution in [-0.4, -0.2) is 48.8 Å². The zero-order chi connectivity index (χ0) is 27.0. The number of carboxylic acid groups (broad SMARTS) is 1. The van der Waals surface area contributed by atoms with E-state index in [2.05, 4.69) is 5.32 Å². The Labute approximate surface area is 212 Å². The smallest absolute Gasteiger partial charge is 0.411 e. The van der Waals surface area contributed by atoms with Crippen molar-refractivity contribution in [2.24, 2.45) is 5.73 Å². The summed E-state index contributed by atoms with van der Waals surface area (Å²) < 4.78 is 42.3. The van der Waals surface area contributed by atoms with Gasteiger partial charge in [-0.1, -0.05) is 72.8 Å². The molecule has 0 radical (unpaired) electrons. The van der Waals surface area contributed by atoms with Gasteiger partial charge in [-0.2, -0.15) is 8.42 Å². The lowest BCUT2D eigenvalue weighted by molar-refractivity contribution is -0.150. The third-order valence-corrected chi connectivity index (χ3v) is 6.19. The van der Waals surface area contributed by atoms with Gasteiger partial charge in [0.1, 0.15) is 12.6 Å². The van der Waals surface area contributed by atoms with Gasteiger partial charge in [0.15, 0.2) is 6.10 Å². The predicted molar refractivity (Wildman–Crippen MR) is 132 cm³/mol. The van der Waals surface area contributed by atoms with E-state index in [0.717, 1.165) is 23.3 Å². The van der Waals surface area contributed by atoms with E-state index in [1.807, 2.05) is 36.4 Å². The zero-order valence-electron chi connectivity index (χ0n) is 19.3. The molecule has 0 heterocycles. The van der Waals surface area contributed by atoms with Gasteiger partial charge in [-0.15, -0.1) is 0 Å². The number of carbonyl (C=O) groups excluding carboxylic acids is 2. The van der Waals surface area contributed by atoms with Gasteiger partial charge in [-0.25, -0.2) is 4.79 Å². The SMILES string of the molecule is NC(COC(=O)Nc1ccc([C@H](C(=O)O)S(=O)(=O)O)cc1)C(=O)OC(c1ccccc1)c1ccccc1. The molecule has 1 unspecified atom stereocenters. The maximum Gasteiger partial charge on any atom is 0.411 e. The number of ether oxygens (including phenoxy) is 2. The molecule has 0 aliphatic rings. The third-order valence-electron chi connectivity index (χ3n) is 5.12. The molecule has 0 aliphatic carbocycles. The van der Waals surface area contributed by atoms with Crippen LogP contribution in [0.2, 0.25) is 0 Å². The molecule has 3 aromatic rings. The molecule has 5 N–H and O–H groups in total. The number of hydrogen-bond donors (Lipinski definition) is 4. The van der Waals surface area contributed by atoms with Crippen LogP contribution in [-0.2, 0) is 29.2 Å². The monoisotopic (exact) mass is 528 g/mol. The lowest BCUT2D eigenvalue weighted by Crippen LogP contribution is -2.38. The fourth-order valence-corrected chi connectivity index (χ4v) is 4.11. The van der Waals surface area contributed by atoms with E-state index in [0.29, 0.717) is 0 Å². The Bertz CT molecular complexity index is 1290. The number of hydrogen-bond acceptors (Lipinski definition) is 8. The molecule has 3 aromatic carbocycles. The van der Waals surface area contributed by atoms with Gasteiger partial charge < -0.3 is 20.3 Å². The number of rotatable bonds is 10. The third kappa shape index (κ3) is 7.61. The number of esters is 1. The van der Waals surface area contributed by atoms with E-state index in [4.69, 9.17) is 24.9 Å². The highest BCUT2D eigenvalue weighted by atomic mass is 32.2. The molecule has 0 aromatic heterocycles. The minimum absolute atomic E-state index is 0.137. The minimum Gasteiger partial charge on any atom is -0.480 e. The number of anilines is 1. The summed E-state index contributed by atoms with van der Waals surface area (Å²) in [5, 5.41) is 9.21. The van der Waals surface area contributed by atoms with Crippen LogP contribution in [0.25, 0.3) is 0 Å². The highest BCUT2D eigenvalue weighted by Gasteiger charge is 2.32. The van der Waals surface area contributed by atoms with Crippen LogP contribution in [0.15, 0.2) is 84.9 Å². The van der Waals surface area contributed by atoms with Crippen LogP contribution in [0.4, 0.5) is 10.5 Å². The molecule has 37 heavy (non-hydrogen) atoms. The van der Waals surface area contributed by atoms with Crippen LogP contribution >= 0.6 is 0 Å². The number of nitrogens with two attached hydrogens (primary N) is 1. The lowest BCUT2D eigenvalue weighted by atomic mass is 10.0. The first-order valence-corrected chi connectivity index (χ1v) is 12.4. The molecule has 0 bridgehead atoms. The van der Waals surface area contributed by atoms with Crippen molar-refractivity contribution in [3.05, 3.63) is 102 Å². The normalized spacial score (nSPS) is 12.8. The van der Waals surface area contributed by atoms with Crippen molar-refractivity contribution in [2.75, 3.05) is 11.9 Å². The minimum atomic E-state index is -4.89. The summed E-state index contributed by atoms with van der Waals surface area (Å²) in [4.78, 5) is 35.9. The van der Waals surface area contributed by atoms with Crippen LogP contribution in [0.5, 0.6) is 0 Å². The highest BCUT2D eigenvalue weighted by Crippen LogP contribution is 2.26. The molecule has 0 aliphatic heterocycles. The van der Waals surface area contributed by atoms with Crippen molar-refractivity contribution < 1.29 is 41.9 Å². The summed E-state index contributed by atoms with van der Waals surface area (Å²) in [5.74, 6) is -2.55. The molecular formula is C25H24N2O9S. The molecule has 0 saturated heterocycles. The second kappa shape index (κ2) is 12.1. The predicted octanol–water partition coefficient (Wildman–Crippen LogP) is 2.91. The van der Waals surface area contributed by atoms with E-state index in [-0.39, 0.29) is 11.3 Å². The Morgan fingerprint density at radius 2 is 1.35 bits per heavy atom. The number of benzene rings is 3. The Morgan fingerprint density at radius 3 is 1.81 bits per heavy atom. The van der Waals surface area contributed by atoms with E-state index >= 15 is 0 Å². The van der Waals surface area contributed by atoms with Gasteiger partial charge in [0.2, 0.25) is 5.25 Å². The second-order valence-electron chi connectivity index (χ2n) is 7.82. The van der Waals surface area contributed by atoms with Crippen molar-refractivity contribution in [1.29, 1.82) is 0 Å². The molecule has 0 spiro atoms. The number of aliphatic carboxylic acids is 1. The molecule has 194 valence electrons. The molecule has 12 heteroatoms. The first-order chi connectivity index (χ1) is 17.6. The lowest BCUT2D eigenvalue weighted by Gasteiger charge is -2.21. The van der Waals surface area contributed by atoms with Gasteiger partial charge in [-0.05, 0) is 28.8 Å². The van der Waals surface area contributed by atoms with Gasteiger partial charge in [-0.3, -0.25) is 19.5 Å². The summed E-state index contributed by atoms with van der Waals surface area (Å²) in [6.07, 6.45) is -1.69. The first kappa shape index (κ1) is 27.3. The van der Waals surface area contributed by atoms with Crippen LogP contribution in [0.1, 0.15) is 28.0 Å². The maximum atomic E-state index is 12.6. The fraction of sp³-hybridized carbons (Fsp3) is 0.160. The molecule has 3 rings (SSSR count). The molecule has 1 amide bonds. The molecule has 2 atom stereocenters. The zero-order valence-corrected chi connectivity index (χ0v) is 20.1. The number of amides is 1. The van der Waals surface area contributed by atoms with Crippen molar-refractivity contribution in [3.63, 3.8) is 0 Å². The first-order valence-electron chi connectivity index (χ1n) is 10.8. The summed E-state index contributed by atoms with van der Waals surface area (Å²) in [6.45, 7) is -0.497. The standard InChI is InChI=1S/C25H24N2O9S/c26-20(24(30)36-21(16-7-3-1-4-8-16)17-9-5-2-6-10-17)15-35-25(31)27-19-13-11-18(12-14-19)22(23(28)29)37(32,33)34/h1-14,20-22H,15,26H2,(H,27,31)(H,28,29)(H,32,33,34)/t20?,22-/m1/s1. The van der Waals surface area contributed by atoms with Crippen LogP contribution in [0, 0.1) is 0 Å². The second-order valence-corrected chi connectivity index (χ2v) is 9.32. The average Bonchev–Trinajstić information content (AvgIpc) is 2.86. The summed E-state index contributed by atoms with van der Waals surface area (Å²) in [7, 11) is -4.89. The quantitative estimate of drug-likeness (QED) is 0.225. The maximum absolute atomic E-state index is 12.6. The molecule has 0 saturated carbocycles. The molecule has 0 fully saturated rings. The van der Waals surface area contributed by atoms with Gasteiger partial charge in [0.05, 0.1) is 0 Å². The van der Waals surface area contributed by atoms with Crippen molar-refractivity contribution in [1.82, 2.24) is 0 Å². The van der Waals surface area contributed by atoms with Crippen molar-refractivity contribution in [3.8, 4) is 0 Å². The van der Waals surface area contributed by atoms with E-state index in [1.54, 1.807) is 24.3 Å². The number of carboxylic acids is 1. The van der Waals surface area contributed by atoms with Crippen LogP contribution in [0.3, 0.4) is 0 Å². The topological polar surface area (TPSA) is 182 Å². The molecule has 11 nitrogen and oxygen atoms in total.